The normalized spacial score (nSPS) is 11.3. The van der Waals surface area contributed by atoms with E-state index in [-0.39, 0.29) is 12.5 Å². The van der Waals surface area contributed by atoms with Crippen LogP contribution in [-0.2, 0) is 6.42 Å². The topological polar surface area (TPSA) is 65.5 Å². The molecule has 1 heterocycles. The van der Waals surface area contributed by atoms with E-state index < -0.39 is 5.60 Å². The lowest BCUT2D eigenvalue weighted by Gasteiger charge is -2.25. The molecule has 0 fully saturated rings. The summed E-state index contributed by atoms with van der Waals surface area (Å²) in [5.74, 6) is 0.565. The Morgan fingerprint density at radius 3 is 2.58 bits per heavy atom. The summed E-state index contributed by atoms with van der Waals surface area (Å²) in [4.78, 5) is 18.2. The minimum absolute atomic E-state index is 0.115. The van der Waals surface area contributed by atoms with Gasteiger partial charge in [-0.25, -0.2) is 4.98 Å². The molecule has 1 amide bonds. The highest BCUT2D eigenvalue weighted by Crippen LogP contribution is 2.14. The molecule has 0 aliphatic carbocycles. The van der Waals surface area contributed by atoms with E-state index >= 15 is 0 Å². The number of carbonyl (C=O) groups excluding carboxylic acids is 1. The third-order valence-corrected chi connectivity index (χ3v) is 2.71. The lowest BCUT2D eigenvalue weighted by molar-refractivity contribution is 0.0368. The van der Waals surface area contributed by atoms with Crippen LogP contribution in [0.1, 0.15) is 36.8 Å². The molecular formula is C14H23N3O2. The number of rotatable bonds is 5. The summed E-state index contributed by atoms with van der Waals surface area (Å²) in [6.45, 7) is 5.64. The minimum Gasteiger partial charge on any atom is -0.389 e. The molecule has 5 nitrogen and oxygen atoms in total. The fourth-order valence-corrected chi connectivity index (χ4v) is 1.89. The maximum Gasteiger partial charge on any atom is 0.253 e. The van der Waals surface area contributed by atoms with Crippen LogP contribution in [0.4, 0.5) is 5.82 Å². The number of aryl methyl sites for hydroxylation is 1. The summed E-state index contributed by atoms with van der Waals surface area (Å²) in [5, 5.41) is 12.7. The predicted molar refractivity (Wildman–Crippen MR) is 76.4 cm³/mol. The maximum absolute atomic E-state index is 12.3. The zero-order valence-corrected chi connectivity index (χ0v) is 12.3. The van der Waals surface area contributed by atoms with E-state index in [1.165, 1.54) is 4.90 Å². The van der Waals surface area contributed by atoms with Crippen LogP contribution in [0.3, 0.4) is 0 Å². The number of carbonyl (C=O) groups is 1. The van der Waals surface area contributed by atoms with Gasteiger partial charge in [-0.3, -0.25) is 4.79 Å². The Morgan fingerprint density at radius 2 is 2.11 bits per heavy atom. The minimum atomic E-state index is -0.906. The van der Waals surface area contributed by atoms with E-state index in [0.29, 0.717) is 11.4 Å². The van der Waals surface area contributed by atoms with Crippen LogP contribution in [0.5, 0.6) is 0 Å². The van der Waals surface area contributed by atoms with Crippen molar-refractivity contribution in [1.29, 1.82) is 0 Å². The van der Waals surface area contributed by atoms with Gasteiger partial charge in [0.2, 0.25) is 0 Å². The second-order valence-corrected chi connectivity index (χ2v) is 5.31. The van der Waals surface area contributed by atoms with Crippen molar-refractivity contribution in [2.45, 2.75) is 32.8 Å². The van der Waals surface area contributed by atoms with Gasteiger partial charge in [0.1, 0.15) is 5.82 Å². The van der Waals surface area contributed by atoms with Crippen molar-refractivity contribution in [3.8, 4) is 0 Å². The SMILES string of the molecule is CCc1cc(C(=O)N(C)CC(C)(C)O)cc(NC)n1. The Kier molecular flexibility index (Phi) is 4.89. The van der Waals surface area contributed by atoms with Crippen molar-refractivity contribution in [3.05, 3.63) is 23.4 Å². The quantitative estimate of drug-likeness (QED) is 0.847. The molecule has 106 valence electrons. The van der Waals surface area contributed by atoms with E-state index in [1.807, 2.05) is 6.92 Å². The number of aliphatic hydroxyl groups is 1. The summed E-state index contributed by atoms with van der Waals surface area (Å²) < 4.78 is 0. The smallest absolute Gasteiger partial charge is 0.253 e. The summed E-state index contributed by atoms with van der Waals surface area (Å²) >= 11 is 0. The molecule has 1 aromatic heterocycles. The van der Waals surface area contributed by atoms with E-state index in [1.54, 1.807) is 40.1 Å². The van der Waals surface area contributed by atoms with Gasteiger partial charge in [0.05, 0.1) is 5.60 Å². The molecule has 0 atom stereocenters. The van der Waals surface area contributed by atoms with Gasteiger partial charge >= 0.3 is 0 Å². The molecule has 0 aliphatic rings. The average Bonchev–Trinajstić information content (AvgIpc) is 2.35. The Morgan fingerprint density at radius 1 is 1.47 bits per heavy atom. The Balaban J connectivity index is 2.98. The molecule has 0 saturated carbocycles. The van der Waals surface area contributed by atoms with Crippen LogP contribution in [0.25, 0.3) is 0 Å². The number of hydrogen-bond acceptors (Lipinski definition) is 4. The molecular weight excluding hydrogens is 242 g/mol. The molecule has 0 spiro atoms. The average molecular weight is 265 g/mol. The Labute approximate surface area is 114 Å². The first-order valence-electron chi connectivity index (χ1n) is 6.43. The summed E-state index contributed by atoms with van der Waals surface area (Å²) in [5.41, 5.74) is 0.548. The molecule has 5 heteroatoms. The van der Waals surface area contributed by atoms with Gasteiger partial charge in [-0.2, -0.15) is 0 Å². The number of amides is 1. The van der Waals surface area contributed by atoms with Crippen LogP contribution in [-0.4, -0.2) is 47.1 Å². The zero-order valence-electron chi connectivity index (χ0n) is 12.3. The monoisotopic (exact) mass is 265 g/mol. The predicted octanol–water partition coefficient (Wildman–Crippen LogP) is 1.53. The number of anilines is 1. The van der Waals surface area contributed by atoms with Gasteiger partial charge < -0.3 is 15.3 Å². The second-order valence-electron chi connectivity index (χ2n) is 5.31. The first-order chi connectivity index (χ1) is 8.76. The van der Waals surface area contributed by atoms with Gasteiger partial charge in [-0.05, 0) is 32.4 Å². The highest BCUT2D eigenvalue weighted by molar-refractivity contribution is 5.94. The number of nitrogens with zero attached hydrogens (tertiary/aromatic N) is 2. The molecule has 0 unspecified atom stereocenters. The van der Waals surface area contributed by atoms with Crippen molar-refractivity contribution >= 4 is 11.7 Å². The van der Waals surface area contributed by atoms with Gasteiger partial charge in [-0.1, -0.05) is 6.92 Å². The van der Waals surface area contributed by atoms with Crippen LogP contribution < -0.4 is 5.32 Å². The van der Waals surface area contributed by atoms with Gasteiger partial charge in [-0.15, -0.1) is 0 Å². The number of hydrogen-bond donors (Lipinski definition) is 2. The van der Waals surface area contributed by atoms with Gasteiger partial charge in [0.15, 0.2) is 0 Å². The van der Waals surface area contributed by atoms with Crippen molar-refractivity contribution in [2.75, 3.05) is 26.0 Å². The number of likely N-dealkylation sites (N-methyl/N-ethyl adjacent to an activating group) is 1. The Bertz CT molecular complexity index is 430. The number of pyridine rings is 1. The first kappa shape index (κ1) is 15.4. The van der Waals surface area contributed by atoms with Crippen LogP contribution >= 0.6 is 0 Å². The number of nitrogens with one attached hydrogen (secondary N) is 1. The third kappa shape index (κ3) is 4.52. The standard InChI is InChI=1S/C14H23N3O2/c1-6-11-7-10(8-12(15-4)16-11)13(18)17(5)9-14(2,3)19/h7-8,19H,6,9H2,1-5H3,(H,15,16). The van der Waals surface area contributed by atoms with Crippen LogP contribution in [0.15, 0.2) is 12.1 Å². The van der Waals surface area contributed by atoms with Crippen molar-refractivity contribution in [2.24, 2.45) is 0 Å². The summed E-state index contributed by atoms with van der Waals surface area (Å²) in [6.07, 6.45) is 0.769. The first-order valence-corrected chi connectivity index (χ1v) is 6.43. The maximum atomic E-state index is 12.3. The van der Waals surface area contributed by atoms with E-state index in [2.05, 4.69) is 10.3 Å². The molecule has 2 N–H and O–H groups in total. The highest BCUT2D eigenvalue weighted by Gasteiger charge is 2.21. The summed E-state index contributed by atoms with van der Waals surface area (Å²) in [7, 11) is 3.46. The Hall–Kier alpha value is -1.62. The molecule has 0 bridgehead atoms. The molecule has 1 rings (SSSR count). The second kappa shape index (κ2) is 6.02. The van der Waals surface area contributed by atoms with E-state index in [4.69, 9.17) is 0 Å². The highest BCUT2D eigenvalue weighted by atomic mass is 16.3. The number of aromatic nitrogens is 1. The molecule has 0 aliphatic heterocycles. The molecule has 19 heavy (non-hydrogen) atoms. The van der Waals surface area contributed by atoms with Gasteiger partial charge in [0, 0.05) is 31.9 Å². The summed E-state index contributed by atoms with van der Waals surface area (Å²) in [6, 6.07) is 3.52. The van der Waals surface area contributed by atoms with Crippen molar-refractivity contribution in [1.82, 2.24) is 9.88 Å². The van der Waals surface area contributed by atoms with Gasteiger partial charge in [0.25, 0.3) is 5.91 Å². The zero-order chi connectivity index (χ0) is 14.6. The van der Waals surface area contributed by atoms with Crippen molar-refractivity contribution < 1.29 is 9.90 Å². The van der Waals surface area contributed by atoms with E-state index in [9.17, 15) is 9.90 Å². The lowest BCUT2D eigenvalue weighted by atomic mass is 10.1. The fraction of sp³-hybridized carbons (Fsp3) is 0.571. The largest absolute Gasteiger partial charge is 0.389 e. The molecule has 1 aromatic rings. The lowest BCUT2D eigenvalue weighted by Crippen LogP contribution is -2.39. The van der Waals surface area contributed by atoms with E-state index in [0.717, 1.165) is 12.1 Å². The molecule has 0 saturated heterocycles. The van der Waals surface area contributed by atoms with Crippen molar-refractivity contribution in [3.63, 3.8) is 0 Å². The third-order valence-electron chi connectivity index (χ3n) is 2.71. The fourth-order valence-electron chi connectivity index (χ4n) is 1.89. The van der Waals surface area contributed by atoms with Crippen LogP contribution in [0.2, 0.25) is 0 Å². The molecule has 0 radical (unpaired) electrons. The molecule has 0 aromatic carbocycles. The van der Waals surface area contributed by atoms with Crippen LogP contribution in [0, 0.1) is 0 Å².